The van der Waals surface area contributed by atoms with Gasteiger partial charge in [-0.2, -0.15) is 0 Å². The van der Waals surface area contributed by atoms with E-state index in [1.807, 2.05) is 24.3 Å². The van der Waals surface area contributed by atoms with E-state index in [1.54, 1.807) is 0 Å². The van der Waals surface area contributed by atoms with E-state index in [1.165, 1.54) is 0 Å². The minimum absolute atomic E-state index is 0.0265. The monoisotopic (exact) mass is 294 g/mol. The lowest BCUT2D eigenvalue weighted by Crippen LogP contribution is -2.30. The van der Waals surface area contributed by atoms with Crippen molar-refractivity contribution in [2.45, 2.75) is 32.7 Å². The number of nitrogens with one attached hydrogen (secondary N) is 1. The molecule has 0 aliphatic rings. The SMILES string of the molecule is CCCCOCCCNC(=O)COc1ccc(CN)cc1. The Labute approximate surface area is 126 Å². The van der Waals surface area contributed by atoms with E-state index in [2.05, 4.69) is 12.2 Å². The normalized spacial score (nSPS) is 10.4. The van der Waals surface area contributed by atoms with Gasteiger partial charge in [0.1, 0.15) is 5.75 Å². The number of carbonyl (C=O) groups is 1. The summed E-state index contributed by atoms with van der Waals surface area (Å²) in [6.45, 7) is 4.75. The Bertz CT molecular complexity index is 393. The first-order valence-corrected chi connectivity index (χ1v) is 7.52. The van der Waals surface area contributed by atoms with E-state index < -0.39 is 0 Å². The first-order valence-electron chi connectivity index (χ1n) is 7.52. The number of benzene rings is 1. The molecular formula is C16H26N2O3. The van der Waals surface area contributed by atoms with Crippen LogP contribution in [-0.2, 0) is 16.1 Å². The Balaban J connectivity index is 2.05. The predicted molar refractivity (Wildman–Crippen MR) is 83.2 cm³/mol. The van der Waals surface area contributed by atoms with E-state index in [4.69, 9.17) is 15.2 Å². The summed E-state index contributed by atoms with van der Waals surface area (Å²) < 4.78 is 10.8. The van der Waals surface area contributed by atoms with E-state index in [0.29, 0.717) is 25.4 Å². The topological polar surface area (TPSA) is 73.6 Å². The van der Waals surface area contributed by atoms with Crippen LogP contribution in [0, 0.1) is 0 Å². The molecule has 0 saturated carbocycles. The summed E-state index contributed by atoms with van der Waals surface area (Å²) in [7, 11) is 0. The molecule has 0 heterocycles. The van der Waals surface area contributed by atoms with Crippen molar-refractivity contribution in [3.8, 4) is 5.75 Å². The molecule has 5 nitrogen and oxygen atoms in total. The van der Waals surface area contributed by atoms with E-state index in [0.717, 1.165) is 31.4 Å². The lowest BCUT2D eigenvalue weighted by atomic mass is 10.2. The zero-order chi connectivity index (χ0) is 15.3. The van der Waals surface area contributed by atoms with Gasteiger partial charge in [0.2, 0.25) is 0 Å². The minimum atomic E-state index is -0.119. The predicted octanol–water partition coefficient (Wildman–Crippen LogP) is 1.85. The van der Waals surface area contributed by atoms with Crippen LogP contribution in [0.25, 0.3) is 0 Å². The quantitative estimate of drug-likeness (QED) is 0.611. The summed E-state index contributed by atoms with van der Waals surface area (Å²) in [5.41, 5.74) is 6.55. The molecule has 1 amide bonds. The van der Waals surface area contributed by atoms with Gasteiger partial charge in [-0.05, 0) is 30.5 Å². The highest BCUT2D eigenvalue weighted by molar-refractivity contribution is 5.77. The molecule has 0 spiro atoms. The van der Waals surface area contributed by atoms with Gasteiger partial charge >= 0.3 is 0 Å². The van der Waals surface area contributed by atoms with Gasteiger partial charge in [0.15, 0.2) is 6.61 Å². The molecule has 5 heteroatoms. The Morgan fingerprint density at radius 1 is 1.19 bits per heavy atom. The molecule has 0 radical (unpaired) electrons. The fraction of sp³-hybridized carbons (Fsp3) is 0.562. The molecule has 1 aromatic carbocycles. The smallest absolute Gasteiger partial charge is 0.257 e. The van der Waals surface area contributed by atoms with E-state index in [9.17, 15) is 4.79 Å². The van der Waals surface area contributed by atoms with Crippen molar-refractivity contribution in [1.82, 2.24) is 5.32 Å². The number of hydrogen-bond acceptors (Lipinski definition) is 4. The highest BCUT2D eigenvalue weighted by atomic mass is 16.5. The number of rotatable bonds is 11. The molecule has 0 aromatic heterocycles. The molecule has 0 fully saturated rings. The van der Waals surface area contributed by atoms with Gasteiger partial charge in [0.25, 0.3) is 5.91 Å². The molecule has 1 aromatic rings. The van der Waals surface area contributed by atoms with Gasteiger partial charge < -0.3 is 20.5 Å². The first-order chi connectivity index (χ1) is 10.3. The van der Waals surface area contributed by atoms with Crippen molar-refractivity contribution < 1.29 is 14.3 Å². The lowest BCUT2D eigenvalue weighted by molar-refractivity contribution is -0.123. The van der Waals surface area contributed by atoms with Crippen LogP contribution in [0.3, 0.4) is 0 Å². The summed E-state index contributed by atoms with van der Waals surface area (Å²) in [5.74, 6) is 0.553. The molecule has 0 bridgehead atoms. The Kier molecular flexibility index (Phi) is 9.24. The van der Waals surface area contributed by atoms with Crippen LogP contribution in [0.2, 0.25) is 0 Å². The average molecular weight is 294 g/mol. The second-order valence-electron chi connectivity index (χ2n) is 4.81. The van der Waals surface area contributed by atoms with Crippen molar-refractivity contribution >= 4 is 5.91 Å². The van der Waals surface area contributed by atoms with Crippen LogP contribution in [-0.4, -0.2) is 32.3 Å². The third kappa shape index (κ3) is 8.32. The van der Waals surface area contributed by atoms with E-state index in [-0.39, 0.29) is 12.5 Å². The molecule has 0 saturated heterocycles. The van der Waals surface area contributed by atoms with Crippen LogP contribution >= 0.6 is 0 Å². The van der Waals surface area contributed by atoms with Crippen LogP contribution in [0.15, 0.2) is 24.3 Å². The number of ether oxygens (including phenoxy) is 2. The average Bonchev–Trinajstić information content (AvgIpc) is 2.52. The molecular weight excluding hydrogens is 268 g/mol. The molecule has 0 aliphatic carbocycles. The van der Waals surface area contributed by atoms with Gasteiger partial charge in [-0.15, -0.1) is 0 Å². The Hall–Kier alpha value is -1.59. The molecule has 0 atom stereocenters. The third-order valence-corrected chi connectivity index (χ3v) is 2.96. The second kappa shape index (κ2) is 11.1. The maximum absolute atomic E-state index is 11.6. The van der Waals surface area contributed by atoms with Crippen molar-refractivity contribution in [2.75, 3.05) is 26.4 Å². The second-order valence-corrected chi connectivity index (χ2v) is 4.81. The largest absolute Gasteiger partial charge is 0.484 e. The highest BCUT2D eigenvalue weighted by Gasteiger charge is 2.02. The summed E-state index contributed by atoms with van der Waals surface area (Å²) in [6.07, 6.45) is 3.05. The number of amides is 1. The first kappa shape index (κ1) is 17.5. The molecule has 1 rings (SSSR count). The van der Waals surface area contributed by atoms with E-state index >= 15 is 0 Å². The zero-order valence-electron chi connectivity index (χ0n) is 12.8. The Morgan fingerprint density at radius 2 is 1.90 bits per heavy atom. The number of carbonyl (C=O) groups excluding carboxylic acids is 1. The van der Waals surface area contributed by atoms with Gasteiger partial charge in [0, 0.05) is 26.3 Å². The zero-order valence-corrected chi connectivity index (χ0v) is 12.8. The summed E-state index contributed by atoms with van der Waals surface area (Å²) >= 11 is 0. The fourth-order valence-corrected chi connectivity index (χ4v) is 1.67. The van der Waals surface area contributed by atoms with Crippen molar-refractivity contribution in [1.29, 1.82) is 0 Å². The van der Waals surface area contributed by atoms with Gasteiger partial charge in [-0.1, -0.05) is 25.5 Å². The van der Waals surface area contributed by atoms with Crippen LogP contribution in [0.4, 0.5) is 0 Å². The van der Waals surface area contributed by atoms with Crippen LogP contribution < -0.4 is 15.8 Å². The number of nitrogens with two attached hydrogens (primary N) is 1. The van der Waals surface area contributed by atoms with Crippen LogP contribution in [0.5, 0.6) is 5.75 Å². The summed E-state index contributed by atoms with van der Waals surface area (Å²) in [4.78, 5) is 11.6. The number of hydrogen-bond donors (Lipinski definition) is 2. The maximum atomic E-state index is 11.6. The molecule has 0 aliphatic heterocycles. The molecule has 118 valence electrons. The Morgan fingerprint density at radius 3 is 2.57 bits per heavy atom. The molecule has 21 heavy (non-hydrogen) atoms. The molecule has 0 unspecified atom stereocenters. The van der Waals surface area contributed by atoms with Crippen molar-refractivity contribution in [2.24, 2.45) is 5.73 Å². The number of unbranched alkanes of at least 4 members (excludes halogenated alkanes) is 1. The summed E-state index contributed by atoms with van der Waals surface area (Å²) in [5, 5.41) is 2.80. The van der Waals surface area contributed by atoms with Gasteiger partial charge in [-0.3, -0.25) is 4.79 Å². The minimum Gasteiger partial charge on any atom is -0.484 e. The third-order valence-electron chi connectivity index (χ3n) is 2.96. The molecule has 3 N–H and O–H groups in total. The van der Waals surface area contributed by atoms with Crippen LogP contribution in [0.1, 0.15) is 31.7 Å². The van der Waals surface area contributed by atoms with Crippen molar-refractivity contribution in [3.05, 3.63) is 29.8 Å². The lowest BCUT2D eigenvalue weighted by Gasteiger charge is -2.08. The van der Waals surface area contributed by atoms with Gasteiger partial charge in [0.05, 0.1) is 0 Å². The standard InChI is InChI=1S/C16H26N2O3/c1-2-3-10-20-11-4-9-18-16(19)13-21-15-7-5-14(12-17)6-8-15/h5-8H,2-4,9-13,17H2,1H3,(H,18,19). The fourth-order valence-electron chi connectivity index (χ4n) is 1.67. The highest BCUT2D eigenvalue weighted by Crippen LogP contribution is 2.11. The van der Waals surface area contributed by atoms with Gasteiger partial charge in [-0.25, -0.2) is 0 Å². The maximum Gasteiger partial charge on any atom is 0.257 e. The van der Waals surface area contributed by atoms with Crippen molar-refractivity contribution in [3.63, 3.8) is 0 Å². The summed E-state index contributed by atoms with van der Waals surface area (Å²) in [6, 6.07) is 7.41.